The average Bonchev–Trinajstić information content (AvgIpc) is 2.96. The van der Waals surface area contributed by atoms with Crippen molar-refractivity contribution >= 4 is 17.7 Å². The number of hydrogen-bond donors (Lipinski definition) is 1. The van der Waals surface area contributed by atoms with Crippen LogP contribution in [0.15, 0.2) is 29.2 Å². The summed E-state index contributed by atoms with van der Waals surface area (Å²) in [5.74, 6) is 0.954. The molecule has 1 fully saturated rings. The van der Waals surface area contributed by atoms with E-state index in [9.17, 15) is 4.79 Å². The molecule has 1 saturated heterocycles. The van der Waals surface area contributed by atoms with Crippen molar-refractivity contribution in [2.75, 3.05) is 18.9 Å². The van der Waals surface area contributed by atoms with Crippen molar-refractivity contribution in [3.63, 3.8) is 0 Å². The highest BCUT2D eigenvalue weighted by molar-refractivity contribution is 7.99. The Morgan fingerprint density at radius 2 is 2.32 bits per heavy atom. The van der Waals surface area contributed by atoms with Gasteiger partial charge < -0.3 is 10.1 Å². The molecule has 1 atom stereocenters. The SMILES string of the molecule is CCCNC(=O)c1ccccc1SCC1CCCO1. The molecule has 1 amide bonds. The van der Waals surface area contributed by atoms with Crippen molar-refractivity contribution in [3.8, 4) is 0 Å². The topological polar surface area (TPSA) is 38.3 Å². The first-order valence-electron chi connectivity index (χ1n) is 6.93. The molecule has 0 aliphatic carbocycles. The molecule has 1 aliphatic rings. The van der Waals surface area contributed by atoms with Crippen LogP contribution in [0.1, 0.15) is 36.5 Å². The molecule has 1 aliphatic heterocycles. The van der Waals surface area contributed by atoms with Gasteiger partial charge >= 0.3 is 0 Å². The highest BCUT2D eigenvalue weighted by Crippen LogP contribution is 2.26. The van der Waals surface area contributed by atoms with E-state index in [0.717, 1.165) is 48.6 Å². The standard InChI is InChI=1S/C15H21NO2S/c1-2-9-16-15(17)13-7-3-4-8-14(13)19-11-12-6-5-10-18-12/h3-4,7-8,12H,2,5-6,9-11H2,1H3,(H,16,17). The first-order valence-corrected chi connectivity index (χ1v) is 7.91. The minimum Gasteiger partial charge on any atom is -0.377 e. The minimum absolute atomic E-state index is 0.0253. The Bertz CT molecular complexity index is 416. The van der Waals surface area contributed by atoms with E-state index in [1.54, 1.807) is 11.8 Å². The second kappa shape index (κ2) is 7.56. The first-order chi connectivity index (χ1) is 9.31. The Balaban J connectivity index is 1.96. The van der Waals surface area contributed by atoms with Gasteiger partial charge in [0.2, 0.25) is 0 Å². The maximum Gasteiger partial charge on any atom is 0.252 e. The molecular weight excluding hydrogens is 258 g/mol. The molecule has 0 bridgehead atoms. The van der Waals surface area contributed by atoms with Crippen LogP contribution in [0.4, 0.5) is 0 Å². The highest BCUT2D eigenvalue weighted by atomic mass is 32.2. The monoisotopic (exact) mass is 279 g/mol. The zero-order valence-corrected chi connectivity index (χ0v) is 12.2. The van der Waals surface area contributed by atoms with E-state index in [-0.39, 0.29) is 5.91 Å². The molecule has 0 aromatic heterocycles. The molecule has 1 aromatic rings. The number of carbonyl (C=O) groups is 1. The van der Waals surface area contributed by atoms with Crippen molar-refractivity contribution in [2.45, 2.75) is 37.2 Å². The number of benzene rings is 1. The smallest absolute Gasteiger partial charge is 0.252 e. The molecule has 4 heteroatoms. The number of hydrogen-bond acceptors (Lipinski definition) is 3. The number of nitrogens with one attached hydrogen (secondary N) is 1. The van der Waals surface area contributed by atoms with E-state index < -0.39 is 0 Å². The summed E-state index contributed by atoms with van der Waals surface area (Å²) in [5.41, 5.74) is 0.777. The lowest BCUT2D eigenvalue weighted by molar-refractivity contribution is 0.0950. The molecule has 2 rings (SSSR count). The van der Waals surface area contributed by atoms with E-state index in [4.69, 9.17) is 4.74 Å². The van der Waals surface area contributed by atoms with Gasteiger partial charge in [-0.1, -0.05) is 19.1 Å². The number of rotatable bonds is 6. The summed E-state index contributed by atoms with van der Waals surface area (Å²) < 4.78 is 5.62. The number of ether oxygens (including phenoxy) is 1. The third-order valence-electron chi connectivity index (χ3n) is 3.12. The predicted octanol–water partition coefficient (Wildman–Crippen LogP) is 3.10. The van der Waals surface area contributed by atoms with Crippen LogP contribution in [0.2, 0.25) is 0 Å². The lowest BCUT2D eigenvalue weighted by atomic mass is 10.2. The van der Waals surface area contributed by atoms with Gasteiger partial charge in [-0.3, -0.25) is 4.79 Å². The fraction of sp³-hybridized carbons (Fsp3) is 0.533. The Labute approximate surface area is 119 Å². The molecule has 0 saturated carbocycles. The quantitative estimate of drug-likeness (QED) is 0.813. The Morgan fingerprint density at radius 3 is 3.05 bits per heavy atom. The van der Waals surface area contributed by atoms with Crippen LogP contribution in [0.25, 0.3) is 0 Å². The third kappa shape index (κ3) is 4.25. The van der Waals surface area contributed by atoms with Gasteiger partial charge in [0.05, 0.1) is 11.7 Å². The Kier molecular flexibility index (Phi) is 5.73. The zero-order chi connectivity index (χ0) is 13.5. The third-order valence-corrected chi connectivity index (χ3v) is 4.32. The first kappa shape index (κ1) is 14.4. The maximum absolute atomic E-state index is 12.1. The maximum atomic E-state index is 12.1. The van der Waals surface area contributed by atoms with Crippen LogP contribution in [-0.4, -0.2) is 30.9 Å². The van der Waals surface area contributed by atoms with E-state index in [1.807, 2.05) is 24.3 Å². The minimum atomic E-state index is 0.0253. The van der Waals surface area contributed by atoms with Gasteiger partial charge in [-0.25, -0.2) is 0 Å². The van der Waals surface area contributed by atoms with Crippen molar-refractivity contribution < 1.29 is 9.53 Å². The molecule has 19 heavy (non-hydrogen) atoms. The predicted molar refractivity (Wildman–Crippen MR) is 78.8 cm³/mol. The van der Waals surface area contributed by atoms with Crippen LogP contribution >= 0.6 is 11.8 Å². The summed E-state index contributed by atoms with van der Waals surface area (Å²) >= 11 is 1.72. The van der Waals surface area contributed by atoms with Gasteiger partial charge in [-0.2, -0.15) is 0 Å². The molecule has 1 heterocycles. The van der Waals surface area contributed by atoms with Gasteiger partial charge in [-0.05, 0) is 31.4 Å². The summed E-state index contributed by atoms with van der Waals surface area (Å²) in [4.78, 5) is 13.1. The molecule has 1 aromatic carbocycles. The van der Waals surface area contributed by atoms with Crippen molar-refractivity contribution in [1.29, 1.82) is 0 Å². The average molecular weight is 279 g/mol. The summed E-state index contributed by atoms with van der Waals surface area (Å²) in [6.45, 7) is 3.66. The number of amides is 1. The Morgan fingerprint density at radius 1 is 1.47 bits per heavy atom. The molecule has 1 unspecified atom stereocenters. The Hall–Kier alpha value is -1.00. The summed E-state index contributed by atoms with van der Waals surface area (Å²) in [6, 6.07) is 7.80. The van der Waals surface area contributed by atoms with Crippen molar-refractivity contribution in [1.82, 2.24) is 5.32 Å². The van der Waals surface area contributed by atoms with E-state index in [1.165, 1.54) is 0 Å². The van der Waals surface area contributed by atoms with Gasteiger partial charge in [0.25, 0.3) is 5.91 Å². The van der Waals surface area contributed by atoms with E-state index in [2.05, 4.69) is 12.2 Å². The van der Waals surface area contributed by atoms with Gasteiger partial charge in [-0.15, -0.1) is 11.8 Å². The van der Waals surface area contributed by atoms with Crippen LogP contribution in [0.3, 0.4) is 0 Å². The molecular formula is C15H21NO2S. The van der Waals surface area contributed by atoms with Gasteiger partial charge in [0.15, 0.2) is 0 Å². The molecule has 104 valence electrons. The fourth-order valence-electron chi connectivity index (χ4n) is 2.07. The number of thioether (sulfide) groups is 1. The fourth-order valence-corrected chi connectivity index (χ4v) is 3.19. The molecule has 1 N–H and O–H groups in total. The second-order valence-corrected chi connectivity index (χ2v) is 5.76. The van der Waals surface area contributed by atoms with Crippen LogP contribution in [-0.2, 0) is 4.74 Å². The normalized spacial score (nSPS) is 18.5. The molecule has 0 spiro atoms. The van der Waals surface area contributed by atoms with Gasteiger partial charge in [0.1, 0.15) is 0 Å². The number of carbonyl (C=O) groups excluding carboxylic acids is 1. The highest BCUT2D eigenvalue weighted by Gasteiger charge is 2.17. The van der Waals surface area contributed by atoms with Crippen LogP contribution in [0.5, 0.6) is 0 Å². The largest absolute Gasteiger partial charge is 0.377 e. The van der Waals surface area contributed by atoms with E-state index >= 15 is 0 Å². The van der Waals surface area contributed by atoms with Gasteiger partial charge in [0, 0.05) is 23.8 Å². The second-order valence-electron chi connectivity index (χ2n) is 4.70. The summed E-state index contributed by atoms with van der Waals surface area (Å²) in [6.07, 6.45) is 3.59. The summed E-state index contributed by atoms with van der Waals surface area (Å²) in [5, 5.41) is 2.93. The van der Waals surface area contributed by atoms with Crippen molar-refractivity contribution in [3.05, 3.63) is 29.8 Å². The van der Waals surface area contributed by atoms with Crippen LogP contribution < -0.4 is 5.32 Å². The summed E-state index contributed by atoms with van der Waals surface area (Å²) in [7, 11) is 0. The van der Waals surface area contributed by atoms with Crippen LogP contribution in [0, 0.1) is 0 Å². The van der Waals surface area contributed by atoms with E-state index in [0.29, 0.717) is 6.10 Å². The van der Waals surface area contributed by atoms with Crippen molar-refractivity contribution in [2.24, 2.45) is 0 Å². The zero-order valence-electron chi connectivity index (χ0n) is 11.4. The lowest BCUT2D eigenvalue weighted by Gasteiger charge is -2.12. The molecule has 0 radical (unpaired) electrons. The molecule has 3 nitrogen and oxygen atoms in total. The lowest BCUT2D eigenvalue weighted by Crippen LogP contribution is -2.24.